The van der Waals surface area contributed by atoms with Crippen LogP contribution in [0.2, 0.25) is 0 Å². The summed E-state index contributed by atoms with van der Waals surface area (Å²) in [6, 6.07) is 7.69. The average molecular weight is 386 g/mol. The minimum Gasteiger partial charge on any atom is -0.284 e. The molecule has 3 heterocycles. The Bertz CT molecular complexity index is 1070. The van der Waals surface area contributed by atoms with Gasteiger partial charge in [-0.1, -0.05) is 32.4 Å². The van der Waals surface area contributed by atoms with Gasteiger partial charge in [0.2, 0.25) is 10.5 Å². The molecule has 0 amide bonds. The fourth-order valence-corrected chi connectivity index (χ4v) is 4.12. The largest absolute Gasteiger partial charge is 0.284 e. The predicted octanol–water partition coefficient (Wildman–Crippen LogP) is 3.67. The fourth-order valence-electron chi connectivity index (χ4n) is 3.84. The highest BCUT2D eigenvalue weighted by Gasteiger charge is 2.18. The van der Waals surface area contributed by atoms with Crippen molar-refractivity contribution >= 4 is 28.9 Å². The summed E-state index contributed by atoms with van der Waals surface area (Å²) < 4.78 is 6.31. The molecule has 1 fully saturated rings. The van der Waals surface area contributed by atoms with Crippen molar-refractivity contribution in [3.8, 4) is 0 Å². The van der Waals surface area contributed by atoms with E-state index < -0.39 is 0 Å². The molecule has 0 aliphatic carbocycles. The number of hydrogen-bond acceptors (Lipinski definition) is 4. The van der Waals surface area contributed by atoms with E-state index in [4.69, 9.17) is 17.3 Å². The van der Waals surface area contributed by atoms with Crippen LogP contribution >= 0.6 is 12.2 Å². The monoisotopic (exact) mass is 385 g/mol. The molecule has 0 spiro atoms. The maximum absolute atomic E-state index is 13.1. The minimum absolute atomic E-state index is 0.0175. The molecule has 0 atom stereocenters. The summed E-state index contributed by atoms with van der Waals surface area (Å²) in [5, 5.41) is 5.49. The van der Waals surface area contributed by atoms with Gasteiger partial charge >= 0.3 is 0 Å². The summed E-state index contributed by atoms with van der Waals surface area (Å²) in [4.78, 5) is 15.5. The Morgan fingerprint density at radius 1 is 1.15 bits per heavy atom. The average Bonchev–Trinajstić information content (AvgIpc) is 2.98. The van der Waals surface area contributed by atoms with Crippen molar-refractivity contribution in [2.45, 2.75) is 52.7 Å². The number of rotatable bonds is 5. The van der Waals surface area contributed by atoms with Crippen LogP contribution in [0.15, 0.2) is 29.1 Å². The molecule has 1 aliphatic heterocycles. The summed E-state index contributed by atoms with van der Waals surface area (Å²) >= 11 is 5.78. The lowest BCUT2D eigenvalue weighted by Crippen LogP contribution is -2.32. The van der Waals surface area contributed by atoms with Crippen LogP contribution in [0.3, 0.4) is 0 Å². The zero-order valence-corrected chi connectivity index (χ0v) is 16.9. The van der Waals surface area contributed by atoms with E-state index >= 15 is 0 Å². The molecule has 0 radical (unpaired) electrons. The van der Waals surface area contributed by atoms with Crippen LogP contribution in [0.5, 0.6) is 0 Å². The van der Waals surface area contributed by atoms with Crippen LogP contribution in [0.1, 0.15) is 39.5 Å². The molecule has 27 heavy (non-hydrogen) atoms. The van der Waals surface area contributed by atoms with Crippen LogP contribution < -0.4 is 5.56 Å². The Balaban J connectivity index is 1.89. The van der Waals surface area contributed by atoms with E-state index in [1.807, 2.05) is 33.3 Å². The molecule has 4 rings (SSSR count). The summed E-state index contributed by atoms with van der Waals surface area (Å²) in [5.41, 5.74) is 0.858. The van der Waals surface area contributed by atoms with Crippen LogP contribution in [0, 0.1) is 10.7 Å². The molecule has 144 valence electrons. The Morgan fingerprint density at radius 3 is 2.63 bits per heavy atom. The number of fused-ring (bicyclic) bond motifs is 3. The topological polar surface area (TPSA) is 47.5 Å². The van der Waals surface area contributed by atoms with Gasteiger partial charge in [0.15, 0.2) is 0 Å². The van der Waals surface area contributed by atoms with Crippen molar-refractivity contribution in [1.82, 2.24) is 23.6 Å². The van der Waals surface area contributed by atoms with Gasteiger partial charge in [-0.2, -0.15) is 0 Å². The standard InChI is InChI=1S/C20H27N5OS/c1-15(2)10-13-23-18(26)16-8-4-5-9-17(16)25-19(23)21-24(20(25)27)14-22-11-6-3-7-12-22/h4-5,8-9,15H,3,6-7,10-14H2,1-2H3. The van der Waals surface area contributed by atoms with Gasteiger partial charge in [-0.15, -0.1) is 5.10 Å². The zero-order chi connectivity index (χ0) is 19.0. The first-order valence-corrected chi connectivity index (χ1v) is 10.3. The molecule has 1 saturated heterocycles. The number of likely N-dealkylation sites (tertiary alicyclic amines) is 1. The summed E-state index contributed by atoms with van der Waals surface area (Å²) in [7, 11) is 0. The van der Waals surface area contributed by atoms with Gasteiger partial charge in [0, 0.05) is 6.54 Å². The molecular weight excluding hydrogens is 358 g/mol. The third-order valence-electron chi connectivity index (χ3n) is 5.40. The summed E-state index contributed by atoms with van der Waals surface area (Å²) in [6.45, 7) is 7.84. The van der Waals surface area contributed by atoms with Gasteiger partial charge in [-0.3, -0.25) is 18.7 Å². The van der Waals surface area contributed by atoms with Crippen molar-refractivity contribution in [3.63, 3.8) is 0 Å². The molecule has 0 unspecified atom stereocenters. The number of para-hydroxylation sites is 1. The Morgan fingerprint density at radius 2 is 1.89 bits per heavy atom. The van der Waals surface area contributed by atoms with Gasteiger partial charge in [0.25, 0.3) is 5.56 Å². The molecule has 0 bridgehead atoms. The maximum atomic E-state index is 13.1. The Kier molecular flexibility index (Phi) is 5.14. The smallest absolute Gasteiger partial charge is 0.262 e. The molecule has 0 saturated carbocycles. The number of piperidine rings is 1. The van der Waals surface area contributed by atoms with Crippen LogP contribution in [0.4, 0.5) is 0 Å². The second-order valence-electron chi connectivity index (χ2n) is 7.89. The van der Waals surface area contributed by atoms with Gasteiger partial charge in [0.05, 0.1) is 17.6 Å². The van der Waals surface area contributed by atoms with E-state index in [2.05, 4.69) is 18.7 Å². The first kappa shape index (κ1) is 18.4. The predicted molar refractivity (Wildman–Crippen MR) is 111 cm³/mol. The molecule has 1 aliphatic rings. The van der Waals surface area contributed by atoms with Crippen molar-refractivity contribution in [3.05, 3.63) is 39.4 Å². The highest BCUT2D eigenvalue weighted by Crippen LogP contribution is 2.16. The van der Waals surface area contributed by atoms with Crippen LogP contribution in [-0.2, 0) is 13.2 Å². The van der Waals surface area contributed by atoms with Gasteiger partial charge < -0.3 is 0 Å². The zero-order valence-electron chi connectivity index (χ0n) is 16.1. The molecule has 6 nitrogen and oxygen atoms in total. The highest BCUT2D eigenvalue weighted by atomic mass is 32.1. The number of aromatic nitrogens is 4. The summed E-state index contributed by atoms with van der Waals surface area (Å²) in [6.07, 6.45) is 4.68. The molecule has 1 aromatic carbocycles. The fraction of sp³-hybridized carbons (Fsp3) is 0.550. The second kappa shape index (κ2) is 7.56. The van der Waals surface area contributed by atoms with E-state index in [-0.39, 0.29) is 5.56 Å². The van der Waals surface area contributed by atoms with Crippen LogP contribution in [-0.4, -0.2) is 36.7 Å². The van der Waals surface area contributed by atoms with Gasteiger partial charge in [0.1, 0.15) is 0 Å². The minimum atomic E-state index is 0.0175. The summed E-state index contributed by atoms with van der Waals surface area (Å²) in [5.74, 6) is 1.17. The lowest BCUT2D eigenvalue weighted by Gasteiger charge is -2.25. The Labute approximate surface area is 164 Å². The van der Waals surface area contributed by atoms with Gasteiger partial charge in [-0.25, -0.2) is 4.68 Å². The van der Waals surface area contributed by atoms with E-state index in [9.17, 15) is 4.79 Å². The van der Waals surface area contributed by atoms with E-state index in [0.717, 1.165) is 25.0 Å². The van der Waals surface area contributed by atoms with Crippen molar-refractivity contribution in [2.24, 2.45) is 5.92 Å². The third kappa shape index (κ3) is 3.46. The SMILES string of the molecule is CC(C)CCn1c(=O)c2ccccc2n2c(=S)n(CN3CCCCC3)nc12. The normalized spacial score (nSPS) is 16.0. The second-order valence-corrected chi connectivity index (χ2v) is 8.26. The molecule has 7 heteroatoms. The number of nitrogens with zero attached hydrogens (tertiary/aromatic N) is 5. The highest BCUT2D eigenvalue weighted by molar-refractivity contribution is 7.71. The van der Waals surface area contributed by atoms with E-state index in [1.54, 1.807) is 4.57 Å². The first-order valence-electron chi connectivity index (χ1n) is 9.89. The number of aryl methyl sites for hydroxylation is 1. The lowest BCUT2D eigenvalue weighted by molar-refractivity contribution is 0.172. The quantitative estimate of drug-likeness (QED) is 0.629. The molecule has 0 N–H and O–H groups in total. The third-order valence-corrected chi connectivity index (χ3v) is 5.79. The maximum Gasteiger partial charge on any atom is 0.262 e. The number of benzene rings is 1. The van der Waals surface area contributed by atoms with E-state index in [1.165, 1.54) is 19.3 Å². The van der Waals surface area contributed by atoms with Crippen LogP contribution in [0.25, 0.3) is 16.7 Å². The van der Waals surface area contributed by atoms with Crippen molar-refractivity contribution < 1.29 is 0 Å². The van der Waals surface area contributed by atoms with Crippen molar-refractivity contribution in [1.29, 1.82) is 0 Å². The molecular formula is C20H27N5OS. The molecule has 2 aromatic heterocycles. The lowest BCUT2D eigenvalue weighted by atomic mass is 10.1. The van der Waals surface area contributed by atoms with Crippen molar-refractivity contribution in [2.75, 3.05) is 13.1 Å². The first-order chi connectivity index (χ1) is 13.1. The molecule has 3 aromatic rings. The van der Waals surface area contributed by atoms with E-state index in [0.29, 0.717) is 35.1 Å². The van der Waals surface area contributed by atoms with Gasteiger partial charge in [-0.05, 0) is 62.6 Å². The Hall–Kier alpha value is -1.99. The number of hydrogen-bond donors (Lipinski definition) is 0.